The van der Waals surface area contributed by atoms with Crippen molar-refractivity contribution in [3.05, 3.63) is 35.6 Å². The van der Waals surface area contributed by atoms with E-state index in [-0.39, 0.29) is 10.6 Å². The van der Waals surface area contributed by atoms with Crippen molar-refractivity contribution in [2.75, 3.05) is 0 Å². The minimum atomic E-state index is -0.231. The normalized spacial score (nSPS) is 12.3. The summed E-state index contributed by atoms with van der Waals surface area (Å²) in [4.78, 5) is 0. The fraction of sp³-hybridized carbons (Fsp3) is 0.364. The maximum atomic E-state index is 13.1. The molecule has 0 fully saturated rings. The van der Waals surface area contributed by atoms with Crippen molar-refractivity contribution in [2.45, 2.75) is 25.5 Å². The summed E-state index contributed by atoms with van der Waals surface area (Å²) < 4.78 is 17.3. The van der Waals surface area contributed by atoms with Crippen LogP contribution in [0, 0.1) is 5.82 Å². The molecule has 1 rings (SSSR count). The maximum absolute atomic E-state index is 13.1. The van der Waals surface area contributed by atoms with Gasteiger partial charge in [-0.15, -0.1) is 0 Å². The summed E-state index contributed by atoms with van der Waals surface area (Å²) in [7, 11) is 0. The highest BCUT2D eigenvalue weighted by Gasteiger charge is 2.09. The molecule has 76 valence electrons. The lowest BCUT2D eigenvalue weighted by atomic mass is 10.2. The molecule has 0 unspecified atom stereocenters. The van der Waals surface area contributed by atoms with Crippen molar-refractivity contribution in [1.82, 2.24) is 0 Å². The maximum Gasteiger partial charge on any atom is 0.131 e. The van der Waals surface area contributed by atoms with E-state index in [1.54, 1.807) is 24.4 Å². The van der Waals surface area contributed by atoms with E-state index < -0.39 is 0 Å². The molecule has 0 atom stereocenters. The van der Waals surface area contributed by atoms with Crippen molar-refractivity contribution < 1.29 is 4.39 Å². The summed E-state index contributed by atoms with van der Waals surface area (Å²) in [6.45, 7) is 6.20. The van der Waals surface area contributed by atoms with Crippen LogP contribution in [-0.4, -0.2) is 11.0 Å². The van der Waals surface area contributed by atoms with Gasteiger partial charge in [0.1, 0.15) is 5.82 Å². The summed E-state index contributed by atoms with van der Waals surface area (Å²) in [5.74, 6) is -0.231. The molecule has 0 heterocycles. The number of benzene rings is 1. The van der Waals surface area contributed by atoms with E-state index in [2.05, 4.69) is 25.2 Å². The number of hydrogen-bond acceptors (Lipinski definition) is 2. The molecule has 0 spiro atoms. The van der Waals surface area contributed by atoms with Crippen LogP contribution >= 0.6 is 11.9 Å². The third kappa shape index (κ3) is 3.92. The molecule has 1 nitrogen and oxygen atoms in total. The molecule has 0 amide bonds. The Morgan fingerprint density at radius 3 is 2.50 bits per heavy atom. The second-order valence-electron chi connectivity index (χ2n) is 3.96. The van der Waals surface area contributed by atoms with Crippen molar-refractivity contribution >= 4 is 18.2 Å². The number of hydrogen-bond donors (Lipinski definition) is 0. The lowest BCUT2D eigenvalue weighted by Gasteiger charge is -2.12. The third-order valence-electron chi connectivity index (χ3n) is 1.42. The summed E-state index contributed by atoms with van der Waals surface area (Å²) in [6.07, 6.45) is 1.56. The molecular formula is C11H14FNS. The first-order valence-corrected chi connectivity index (χ1v) is 5.22. The predicted molar refractivity (Wildman–Crippen MR) is 61.3 cm³/mol. The van der Waals surface area contributed by atoms with Crippen LogP contribution in [0.4, 0.5) is 4.39 Å². The van der Waals surface area contributed by atoms with Crippen LogP contribution in [0.15, 0.2) is 28.7 Å². The predicted octanol–water partition coefficient (Wildman–Crippen LogP) is 3.69. The first kappa shape index (κ1) is 11.2. The van der Waals surface area contributed by atoms with Gasteiger partial charge in [-0.3, -0.25) is 0 Å². The van der Waals surface area contributed by atoms with Crippen molar-refractivity contribution in [1.29, 1.82) is 0 Å². The van der Waals surface area contributed by atoms with Crippen LogP contribution in [0.5, 0.6) is 0 Å². The first-order chi connectivity index (χ1) is 6.49. The van der Waals surface area contributed by atoms with E-state index in [0.29, 0.717) is 5.56 Å². The highest BCUT2D eigenvalue weighted by atomic mass is 32.2. The molecule has 0 bridgehead atoms. The van der Waals surface area contributed by atoms with Crippen LogP contribution in [0.2, 0.25) is 0 Å². The second kappa shape index (κ2) is 4.60. The average molecular weight is 211 g/mol. The van der Waals surface area contributed by atoms with Crippen molar-refractivity contribution in [2.24, 2.45) is 4.40 Å². The Morgan fingerprint density at radius 1 is 1.29 bits per heavy atom. The fourth-order valence-electron chi connectivity index (χ4n) is 0.821. The van der Waals surface area contributed by atoms with E-state index in [0.717, 1.165) is 0 Å². The lowest BCUT2D eigenvalue weighted by molar-refractivity contribution is 0.626. The van der Waals surface area contributed by atoms with Crippen LogP contribution in [-0.2, 0) is 0 Å². The van der Waals surface area contributed by atoms with Gasteiger partial charge >= 0.3 is 0 Å². The summed E-state index contributed by atoms with van der Waals surface area (Å²) in [5.41, 5.74) is 0.532. The van der Waals surface area contributed by atoms with Crippen molar-refractivity contribution in [3.63, 3.8) is 0 Å². The molecule has 0 N–H and O–H groups in total. The fourth-order valence-corrected chi connectivity index (χ4v) is 1.30. The average Bonchev–Trinajstić information content (AvgIpc) is 2.06. The van der Waals surface area contributed by atoms with E-state index in [1.807, 2.05) is 0 Å². The minimum Gasteiger partial charge on any atom is -0.223 e. The molecular weight excluding hydrogens is 197 g/mol. The number of nitrogens with zero attached hydrogens (tertiary/aromatic N) is 1. The van der Waals surface area contributed by atoms with Gasteiger partial charge < -0.3 is 0 Å². The Hall–Kier alpha value is -0.830. The van der Waals surface area contributed by atoms with Gasteiger partial charge in [0.25, 0.3) is 0 Å². The zero-order chi connectivity index (χ0) is 10.6. The van der Waals surface area contributed by atoms with Crippen LogP contribution in [0.25, 0.3) is 0 Å². The SMILES string of the molecule is CC(C)(C)SN=Cc1ccccc1F. The van der Waals surface area contributed by atoms with Gasteiger partial charge in [0.2, 0.25) is 0 Å². The summed E-state index contributed by atoms with van der Waals surface area (Å²) >= 11 is 1.44. The zero-order valence-corrected chi connectivity index (χ0v) is 9.44. The summed E-state index contributed by atoms with van der Waals surface area (Å²) in [5, 5.41) is 0. The van der Waals surface area contributed by atoms with E-state index >= 15 is 0 Å². The van der Waals surface area contributed by atoms with Gasteiger partial charge in [0.05, 0.1) is 0 Å². The van der Waals surface area contributed by atoms with E-state index in [4.69, 9.17) is 0 Å². The molecule has 14 heavy (non-hydrogen) atoms. The standard InChI is InChI=1S/C11H14FNS/c1-11(2,3)14-13-8-9-6-4-5-7-10(9)12/h4-8H,1-3H3. The monoisotopic (exact) mass is 211 g/mol. The molecule has 3 heteroatoms. The van der Waals surface area contributed by atoms with Gasteiger partial charge in [0.15, 0.2) is 0 Å². The van der Waals surface area contributed by atoms with Crippen LogP contribution in [0.3, 0.4) is 0 Å². The van der Waals surface area contributed by atoms with Gasteiger partial charge in [-0.05, 0) is 38.8 Å². The van der Waals surface area contributed by atoms with Gasteiger partial charge in [-0.2, -0.15) is 0 Å². The largest absolute Gasteiger partial charge is 0.223 e. The highest BCUT2D eigenvalue weighted by molar-refractivity contribution is 7.99. The Bertz CT molecular complexity index is 328. The molecule has 0 aliphatic heterocycles. The Morgan fingerprint density at radius 2 is 1.93 bits per heavy atom. The molecule has 1 aromatic rings. The summed E-state index contributed by atoms with van der Waals surface area (Å²) in [6, 6.07) is 6.61. The Kier molecular flexibility index (Phi) is 3.69. The molecule has 0 aliphatic rings. The van der Waals surface area contributed by atoms with Gasteiger partial charge in [-0.25, -0.2) is 8.79 Å². The first-order valence-electron chi connectivity index (χ1n) is 4.45. The third-order valence-corrected chi connectivity index (χ3v) is 2.18. The van der Waals surface area contributed by atoms with Crippen LogP contribution in [0.1, 0.15) is 26.3 Å². The highest BCUT2D eigenvalue weighted by Crippen LogP contribution is 2.23. The number of halogens is 1. The van der Waals surface area contributed by atoms with Crippen molar-refractivity contribution in [3.8, 4) is 0 Å². The Balaban J connectivity index is 2.65. The molecule has 0 aliphatic carbocycles. The smallest absolute Gasteiger partial charge is 0.131 e. The Labute approximate surface area is 88.6 Å². The molecule has 0 saturated carbocycles. The minimum absolute atomic E-state index is 0.0712. The molecule has 0 radical (unpaired) electrons. The van der Waals surface area contributed by atoms with Crippen LogP contribution < -0.4 is 0 Å². The lowest BCUT2D eigenvalue weighted by Crippen LogP contribution is -2.05. The molecule has 0 saturated heterocycles. The van der Waals surface area contributed by atoms with E-state index in [9.17, 15) is 4.39 Å². The second-order valence-corrected chi connectivity index (χ2v) is 5.58. The topological polar surface area (TPSA) is 12.4 Å². The van der Waals surface area contributed by atoms with Gasteiger partial charge in [-0.1, -0.05) is 18.2 Å². The molecule has 0 aromatic heterocycles. The van der Waals surface area contributed by atoms with E-state index in [1.165, 1.54) is 18.0 Å². The number of rotatable bonds is 2. The van der Waals surface area contributed by atoms with Gasteiger partial charge in [0, 0.05) is 16.5 Å². The zero-order valence-electron chi connectivity index (χ0n) is 8.62. The quantitative estimate of drug-likeness (QED) is 0.537. The molecule has 1 aromatic carbocycles.